The Morgan fingerprint density at radius 3 is 2.81 bits per heavy atom. The summed E-state index contributed by atoms with van der Waals surface area (Å²) in [5.74, 6) is -0.527. The summed E-state index contributed by atoms with van der Waals surface area (Å²) in [4.78, 5) is 21.1. The fourth-order valence-electron chi connectivity index (χ4n) is 1.04. The number of aromatic hydroxyl groups is 1. The number of amides is 1. The van der Waals surface area contributed by atoms with Gasteiger partial charge in [0.25, 0.3) is 5.69 Å². The number of phenolic OH excluding ortho intramolecular Hbond substituents is 1. The lowest BCUT2D eigenvalue weighted by molar-refractivity contribution is -0.384. The van der Waals surface area contributed by atoms with Crippen LogP contribution >= 0.6 is 15.9 Å². The van der Waals surface area contributed by atoms with E-state index in [1.165, 1.54) is 6.07 Å². The van der Waals surface area contributed by atoms with Crippen LogP contribution < -0.4 is 5.32 Å². The fraction of sp³-hybridized carbons (Fsp3) is 0.222. The summed E-state index contributed by atoms with van der Waals surface area (Å²) in [6.45, 7) is 0. The van der Waals surface area contributed by atoms with E-state index in [4.69, 9.17) is 0 Å². The first-order chi connectivity index (χ1) is 7.54. The molecule has 1 rings (SSSR count). The lowest BCUT2D eigenvalue weighted by Gasteiger charge is -2.05. The molecule has 0 heterocycles. The van der Waals surface area contributed by atoms with Gasteiger partial charge in [0.15, 0.2) is 0 Å². The van der Waals surface area contributed by atoms with Crippen LogP contribution in [-0.4, -0.2) is 21.3 Å². The minimum atomic E-state index is -0.598. The summed E-state index contributed by atoms with van der Waals surface area (Å²) in [5, 5.41) is 22.7. The molecule has 0 aliphatic rings. The quantitative estimate of drug-likeness (QED) is 0.384. The number of rotatable bonds is 4. The van der Waals surface area contributed by atoms with Crippen LogP contribution in [-0.2, 0) is 4.79 Å². The molecule has 16 heavy (non-hydrogen) atoms. The number of phenols is 1. The van der Waals surface area contributed by atoms with Gasteiger partial charge in [-0.2, -0.15) is 0 Å². The van der Waals surface area contributed by atoms with Gasteiger partial charge < -0.3 is 10.4 Å². The van der Waals surface area contributed by atoms with Crippen molar-refractivity contribution in [2.24, 2.45) is 0 Å². The fourth-order valence-corrected chi connectivity index (χ4v) is 1.40. The molecular weight excluding hydrogens is 280 g/mol. The molecule has 1 amide bonds. The maximum atomic E-state index is 11.2. The molecule has 7 heteroatoms. The van der Waals surface area contributed by atoms with Crippen molar-refractivity contribution in [2.75, 3.05) is 10.6 Å². The molecule has 86 valence electrons. The Kier molecular flexibility index (Phi) is 4.24. The second kappa shape index (κ2) is 5.45. The van der Waals surface area contributed by atoms with Crippen molar-refractivity contribution < 1.29 is 14.8 Å². The van der Waals surface area contributed by atoms with E-state index in [0.29, 0.717) is 5.33 Å². The number of benzene rings is 1. The Balaban J connectivity index is 2.90. The lowest BCUT2D eigenvalue weighted by Crippen LogP contribution is -2.11. The first-order valence-electron chi connectivity index (χ1n) is 4.38. The number of hydrogen-bond donors (Lipinski definition) is 2. The normalized spacial score (nSPS) is 9.81. The van der Waals surface area contributed by atoms with Crippen LogP contribution in [0.15, 0.2) is 18.2 Å². The van der Waals surface area contributed by atoms with E-state index in [2.05, 4.69) is 21.2 Å². The maximum Gasteiger partial charge on any atom is 0.271 e. The highest BCUT2D eigenvalue weighted by atomic mass is 79.9. The van der Waals surface area contributed by atoms with Crippen molar-refractivity contribution in [2.45, 2.75) is 6.42 Å². The van der Waals surface area contributed by atoms with E-state index < -0.39 is 4.92 Å². The SMILES string of the molecule is O=C(CCBr)Nc1cc([N+](=O)[O-])ccc1O. The van der Waals surface area contributed by atoms with Gasteiger partial charge in [-0.05, 0) is 6.07 Å². The molecule has 0 aliphatic heterocycles. The van der Waals surface area contributed by atoms with E-state index in [-0.39, 0.29) is 29.5 Å². The third kappa shape index (κ3) is 3.20. The molecule has 6 nitrogen and oxygen atoms in total. The minimum Gasteiger partial charge on any atom is -0.506 e. The zero-order chi connectivity index (χ0) is 12.1. The van der Waals surface area contributed by atoms with Crippen LogP contribution in [0.1, 0.15) is 6.42 Å². The van der Waals surface area contributed by atoms with Crippen LogP contribution in [0.25, 0.3) is 0 Å². The third-order valence-corrected chi connectivity index (χ3v) is 2.18. The maximum absolute atomic E-state index is 11.2. The van der Waals surface area contributed by atoms with Gasteiger partial charge in [0, 0.05) is 23.9 Å². The number of carbonyl (C=O) groups is 1. The highest BCUT2D eigenvalue weighted by Gasteiger charge is 2.12. The molecule has 0 saturated heterocycles. The molecular formula is C9H9BrN2O4. The Hall–Kier alpha value is -1.63. The lowest BCUT2D eigenvalue weighted by atomic mass is 10.2. The third-order valence-electron chi connectivity index (χ3n) is 1.79. The summed E-state index contributed by atoms with van der Waals surface area (Å²) in [6.07, 6.45) is 0.224. The summed E-state index contributed by atoms with van der Waals surface area (Å²) in [5.41, 5.74) is -0.146. The molecule has 0 bridgehead atoms. The number of nitro benzene ring substituents is 1. The van der Waals surface area contributed by atoms with Crippen molar-refractivity contribution in [1.29, 1.82) is 0 Å². The van der Waals surface area contributed by atoms with Crippen molar-refractivity contribution in [3.8, 4) is 5.75 Å². The van der Waals surface area contributed by atoms with E-state index >= 15 is 0 Å². The standard InChI is InChI=1S/C9H9BrN2O4/c10-4-3-9(14)11-7-5-6(12(15)16)1-2-8(7)13/h1-2,5,13H,3-4H2,(H,11,14). The van der Waals surface area contributed by atoms with Crippen LogP contribution in [0.3, 0.4) is 0 Å². The summed E-state index contributed by atoms with van der Waals surface area (Å²) in [6, 6.07) is 3.44. The number of nitrogens with zero attached hydrogens (tertiary/aromatic N) is 1. The van der Waals surface area contributed by atoms with E-state index in [0.717, 1.165) is 12.1 Å². The van der Waals surface area contributed by atoms with Crippen molar-refractivity contribution in [3.63, 3.8) is 0 Å². The molecule has 0 fully saturated rings. The van der Waals surface area contributed by atoms with Gasteiger partial charge in [0.1, 0.15) is 5.75 Å². The molecule has 1 aromatic rings. The Morgan fingerprint density at radius 1 is 1.56 bits per heavy atom. The average molecular weight is 289 g/mol. The molecule has 0 aromatic heterocycles. The topological polar surface area (TPSA) is 92.5 Å². The first-order valence-corrected chi connectivity index (χ1v) is 5.50. The summed E-state index contributed by atoms with van der Waals surface area (Å²) < 4.78 is 0. The van der Waals surface area contributed by atoms with Crippen LogP contribution in [0, 0.1) is 10.1 Å². The second-order valence-corrected chi connectivity index (χ2v) is 3.74. The largest absolute Gasteiger partial charge is 0.506 e. The molecule has 0 aliphatic carbocycles. The predicted octanol–water partition coefficient (Wildman–Crippen LogP) is 2.02. The highest BCUT2D eigenvalue weighted by Crippen LogP contribution is 2.27. The zero-order valence-corrected chi connectivity index (χ0v) is 9.73. The van der Waals surface area contributed by atoms with Gasteiger partial charge in [-0.15, -0.1) is 0 Å². The molecule has 0 radical (unpaired) electrons. The Labute approximate surface area is 99.6 Å². The Bertz CT molecular complexity index is 422. The predicted molar refractivity (Wildman–Crippen MR) is 61.8 cm³/mol. The molecule has 0 spiro atoms. The molecule has 0 atom stereocenters. The summed E-state index contributed by atoms with van der Waals surface area (Å²) >= 11 is 3.09. The molecule has 0 unspecified atom stereocenters. The van der Waals surface area contributed by atoms with Crippen molar-refractivity contribution in [3.05, 3.63) is 28.3 Å². The van der Waals surface area contributed by atoms with Crippen molar-refractivity contribution in [1.82, 2.24) is 0 Å². The van der Waals surface area contributed by atoms with Gasteiger partial charge in [-0.1, -0.05) is 15.9 Å². The van der Waals surface area contributed by atoms with Gasteiger partial charge in [0.2, 0.25) is 5.91 Å². The number of anilines is 1. The molecule has 0 saturated carbocycles. The van der Waals surface area contributed by atoms with Crippen molar-refractivity contribution >= 4 is 33.2 Å². The van der Waals surface area contributed by atoms with Gasteiger partial charge in [-0.25, -0.2) is 0 Å². The number of nitro groups is 1. The number of hydrogen-bond acceptors (Lipinski definition) is 4. The van der Waals surface area contributed by atoms with Crippen LogP contribution in [0.5, 0.6) is 5.75 Å². The Morgan fingerprint density at radius 2 is 2.25 bits per heavy atom. The molecule has 1 aromatic carbocycles. The van der Waals surface area contributed by atoms with E-state index in [9.17, 15) is 20.0 Å². The van der Waals surface area contributed by atoms with Gasteiger partial charge >= 0.3 is 0 Å². The number of alkyl halides is 1. The smallest absolute Gasteiger partial charge is 0.271 e. The first kappa shape index (κ1) is 12.4. The number of halogens is 1. The van der Waals surface area contributed by atoms with E-state index in [1.54, 1.807) is 0 Å². The molecule has 2 N–H and O–H groups in total. The summed E-state index contributed by atoms with van der Waals surface area (Å²) in [7, 11) is 0. The monoisotopic (exact) mass is 288 g/mol. The second-order valence-electron chi connectivity index (χ2n) is 2.95. The van der Waals surface area contributed by atoms with Crippen LogP contribution in [0.4, 0.5) is 11.4 Å². The number of non-ortho nitro benzene ring substituents is 1. The zero-order valence-electron chi connectivity index (χ0n) is 8.14. The van der Waals surface area contributed by atoms with Crippen LogP contribution in [0.2, 0.25) is 0 Å². The number of carbonyl (C=O) groups excluding carboxylic acids is 1. The number of nitrogens with one attached hydrogen (secondary N) is 1. The van der Waals surface area contributed by atoms with Gasteiger partial charge in [-0.3, -0.25) is 14.9 Å². The highest BCUT2D eigenvalue weighted by molar-refractivity contribution is 9.09. The van der Waals surface area contributed by atoms with E-state index in [1.807, 2.05) is 0 Å². The van der Waals surface area contributed by atoms with Gasteiger partial charge in [0.05, 0.1) is 10.6 Å². The minimum absolute atomic E-state index is 0.0418. The average Bonchev–Trinajstić information content (AvgIpc) is 2.21.